The van der Waals surface area contributed by atoms with Crippen LogP contribution in [0.3, 0.4) is 0 Å². The molecule has 3 nitrogen and oxygen atoms in total. The Morgan fingerprint density at radius 1 is 0.769 bits per heavy atom. The van der Waals surface area contributed by atoms with E-state index in [0.717, 1.165) is 32.7 Å². The van der Waals surface area contributed by atoms with Crippen LogP contribution in [-0.4, -0.2) is 36.1 Å². The van der Waals surface area contributed by atoms with Crippen LogP contribution in [0, 0.1) is 0 Å². The van der Waals surface area contributed by atoms with Crippen molar-refractivity contribution >= 4 is 27.4 Å². The third kappa shape index (κ3) is 2.85. The SMILES string of the molecule is c1ccc2cc(CN3CCN(c4cccc5[nH]ccc45)CC3)ccc2c1. The van der Waals surface area contributed by atoms with Gasteiger partial charge in [0.1, 0.15) is 0 Å². The number of rotatable bonds is 3. The van der Waals surface area contributed by atoms with Gasteiger partial charge in [0, 0.05) is 55.5 Å². The zero-order chi connectivity index (χ0) is 17.3. The minimum Gasteiger partial charge on any atom is -0.368 e. The van der Waals surface area contributed by atoms with Gasteiger partial charge in [-0.2, -0.15) is 0 Å². The van der Waals surface area contributed by atoms with Crippen LogP contribution in [0.15, 0.2) is 72.9 Å². The number of hydrogen-bond donors (Lipinski definition) is 1. The van der Waals surface area contributed by atoms with Crippen LogP contribution in [0.1, 0.15) is 5.56 Å². The van der Waals surface area contributed by atoms with Gasteiger partial charge < -0.3 is 9.88 Å². The van der Waals surface area contributed by atoms with Crippen LogP contribution in [0.4, 0.5) is 5.69 Å². The third-order valence-corrected chi connectivity index (χ3v) is 5.50. The van der Waals surface area contributed by atoms with Crippen LogP contribution >= 0.6 is 0 Å². The minimum atomic E-state index is 1.03. The van der Waals surface area contributed by atoms with Crippen molar-refractivity contribution in [1.29, 1.82) is 0 Å². The molecule has 3 heteroatoms. The van der Waals surface area contributed by atoms with E-state index in [2.05, 4.69) is 81.5 Å². The monoisotopic (exact) mass is 341 g/mol. The average Bonchev–Trinajstić information content (AvgIpc) is 3.17. The Balaban J connectivity index is 1.28. The van der Waals surface area contributed by atoms with E-state index in [1.807, 2.05) is 6.20 Å². The van der Waals surface area contributed by atoms with Crippen molar-refractivity contribution in [2.24, 2.45) is 0 Å². The number of aromatic amines is 1. The molecular formula is C23H23N3. The van der Waals surface area contributed by atoms with Crippen LogP contribution in [-0.2, 0) is 6.54 Å². The standard InChI is InChI=1S/C23H23N3/c1-2-5-20-16-18(8-9-19(20)4-1)17-25-12-14-26(15-13-25)23-7-3-6-22-21(23)10-11-24-22/h1-11,16,24H,12-15,17H2. The molecular weight excluding hydrogens is 318 g/mol. The molecule has 26 heavy (non-hydrogen) atoms. The Hall–Kier alpha value is -2.78. The predicted molar refractivity (Wildman–Crippen MR) is 110 cm³/mol. The molecule has 0 bridgehead atoms. The van der Waals surface area contributed by atoms with Gasteiger partial charge in [-0.25, -0.2) is 0 Å². The lowest BCUT2D eigenvalue weighted by Gasteiger charge is -2.36. The summed E-state index contributed by atoms with van der Waals surface area (Å²) in [6, 6.07) is 24.2. The molecule has 0 spiro atoms. The van der Waals surface area contributed by atoms with Crippen LogP contribution in [0.2, 0.25) is 0 Å². The van der Waals surface area contributed by atoms with Gasteiger partial charge in [0.15, 0.2) is 0 Å². The first-order chi connectivity index (χ1) is 12.9. The van der Waals surface area contributed by atoms with Gasteiger partial charge in [-0.05, 0) is 40.6 Å². The number of hydrogen-bond acceptors (Lipinski definition) is 2. The number of H-pyrrole nitrogens is 1. The van der Waals surface area contributed by atoms with E-state index in [1.165, 1.54) is 32.9 Å². The van der Waals surface area contributed by atoms with Gasteiger partial charge in [-0.1, -0.05) is 42.5 Å². The molecule has 1 aromatic heterocycles. The van der Waals surface area contributed by atoms with Crippen LogP contribution in [0.5, 0.6) is 0 Å². The fourth-order valence-electron chi connectivity index (χ4n) is 4.09. The Morgan fingerprint density at radius 3 is 2.50 bits per heavy atom. The summed E-state index contributed by atoms with van der Waals surface area (Å²) in [6.45, 7) is 5.41. The highest BCUT2D eigenvalue weighted by molar-refractivity contribution is 5.92. The second kappa shape index (κ2) is 6.50. The van der Waals surface area contributed by atoms with Gasteiger partial charge in [-0.15, -0.1) is 0 Å². The lowest BCUT2D eigenvalue weighted by Crippen LogP contribution is -2.46. The highest BCUT2D eigenvalue weighted by atomic mass is 15.3. The van der Waals surface area contributed by atoms with Crippen molar-refractivity contribution in [1.82, 2.24) is 9.88 Å². The summed E-state index contributed by atoms with van der Waals surface area (Å²) in [7, 11) is 0. The molecule has 0 saturated carbocycles. The second-order valence-corrected chi connectivity index (χ2v) is 7.16. The summed E-state index contributed by atoms with van der Waals surface area (Å²) in [5.41, 5.74) is 3.99. The lowest BCUT2D eigenvalue weighted by atomic mass is 10.1. The van der Waals surface area contributed by atoms with E-state index >= 15 is 0 Å². The van der Waals surface area contributed by atoms with E-state index in [9.17, 15) is 0 Å². The molecule has 1 aliphatic heterocycles. The zero-order valence-electron chi connectivity index (χ0n) is 14.9. The van der Waals surface area contributed by atoms with Crippen molar-refractivity contribution in [2.75, 3.05) is 31.1 Å². The summed E-state index contributed by atoms with van der Waals surface area (Å²) in [4.78, 5) is 8.41. The highest BCUT2D eigenvalue weighted by Gasteiger charge is 2.19. The first kappa shape index (κ1) is 15.5. The first-order valence-corrected chi connectivity index (χ1v) is 9.38. The number of nitrogens with zero attached hydrogens (tertiary/aromatic N) is 2. The molecule has 0 amide bonds. The maximum Gasteiger partial charge on any atom is 0.0474 e. The first-order valence-electron chi connectivity index (χ1n) is 9.38. The van der Waals surface area contributed by atoms with E-state index < -0.39 is 0 Å². The number of piperazine rings is 1. The summed E-state index contributed by atoms with van der Waals surface area (Å²) in [5.74, 6) is 0. The molecule has 130 valence electrons. The van der Waals surface area contributed by atoms with E-state index in [-0.39, 0.29) is 0 Å². The molecule has 0 unspecified atom stereocenters. The Labute approximate surface area is 153 Å². The molecule has 4 aromatic rings. The van der Waals surface area contributed by atoms with Gasteiger partial charge in [0.2, 0.25) is 0 Å². The number of aromatic nitrogens is 1. The molecule has 0 radical (unpaired) electrons. The predicted octanol–water partition coefficient (Wildman–Crippen LogP) is 4.64. The number of benzene rings is 3. The van der Waals surface area contributed by atoms with Crippen molar-refractivity contribution in [3.8, 4) is 0 Å². The maximum absolute atomic E-state index is 3.32. The Bertz CT molecular complexity index is 1040. The molecule has 3 aromatic carbocycles. The Kier molecular flexibility index (Phi) is 3.87. The summed E-state index contributed by atoms with van der Waals surface area (Å²) in [6.07, 6.45) is 2.03. The fraction of sp³-hybridized carbons (Fsp3) is 0.217. The van der Waals surface area contributed by atoms with Gasteiger partial charge >= 0.3 is 0 Å². The lowest BCUT2D eigenvalue weighted by molar-refractivity contribution is 0.250. The van der Waals surface area contributed by atoms with Gasteiger partial charge in [-0.3, -0.25) is 4.90 Å². The number of nitrogens with one attached hydrogen (secondary N) is 1. The van der Waals surface area contributed by atoms with Crippen molar-refractivity contribution in [2.45, 2.75) is 6.54 Å². The minimum absolute atomic E-state index is 1.03. The van der Waals surface area contributed by atoms with E-state index in [4.69, 9.17) is 0 Å². The van der Waals surface area contributed by atoms with Gasteiger partial charge in [0.05, 0.1) is 0 Å². The molecule has 2 heterocycles. The van der Waals surface area contributed by atoms with E-state index in [1.54, 1.807) is 0 Å². The summed E-state index contributed by atoms with van der Waals surface area (Å²) in [5, 5.41) is 3.99. The zero-order valence-corrected chi connectivity index (χ0v) is 14.9. The molecule has 0 aliphatic carbocycles. The van der Waals surface area contributed by atoms with Crippen molar-refractivity contribution in [3.05, 3.63) is 78.5 Å². The number of anilines is 1. The van der Waals surface area contributed by atoms with Crippen molar-refractivity contribution < 1.29 is 0 Å². The van der Waals surface area contributed by atoms with Crippen LogP contribution < -0.4 is 4.90 Å². The van der Waals surface area contributed by atoms with Gasteiger partial charge in [0.25, 0.3) is 0 Å². The summed E-state index contributed by atoms with van der Waals surface area (Å²) >= 11 is 0. The number of fused-ring (bicyclic) bond motifs is 2. The molecule has 1 saturated heterocycles. The molecule has 1 N–H and O–H groups in total. The quantitative estimate of drug-likeness (QED) is 0.586. The normalized spacial score (nSPS) is 15.8. The maximum atomic E-state index is 3.32. The summed E-state index contributed by atoms with van der Waals surface area (Å²) < 4.78 is 0. The fourth-order valence-corrected chi connectivity index (χ4v) is 4.09. The van der Waals surface area contributed by atoms with Crippen LogP contribution in [0.25, 0.3) is 21.7 Å². The van der Waals surface area contributed by atoms with Crippen molar-refractivity contribution in [3.63, 3.8) is 0 Å². The average molecular weight is 341 g/mol. The van der Waals surface area contributed by atoms with E-state index in [0.29, 0.717) is 0 Å². The molecule has 1 aliphatic rings. The molecule has 1 fully saturated rings. The Morgan fingerprint density at radius 2 is 1.62 bits per heavy atom. The third-order valence-electron chi connectivity index (χ3n) is 5.50. The molecule has 5 rings (SSSR count). The largest absolute Gasteiger partial charge is 0.368 e. The highest BCUT2D eigenvalue weighted by Crippen LogP contribution is 2.27. The second-order valence-electron chi connectivity index (χ2n) is 7.16. The smallest absolute Gasteiger partial charge is 0.0474 e. The molecule has 0 atom stereocenters. The topological polar surface area (TPSA) is 22.3 Å².